The van der Waals surface area contributed by atoms with Gasteiger partial charge in [0.15, 0.2) is 0 Å². The normalized spacial score (nSPS) is 11.2. The third-order valence-electron chi connectivity index (χ3n) is 2.55. The minimum Gasteiger partial charge on any atom is -0.477 e. The maximum atomic E-state index is 13.5. The highest BCUT2D eigenvalue weighted by Crippen LogP contribution is 2.17. The molecule has 0 atom stereocenters. The maximum absolute atomic E-state index is 13.5. The molecule has 0 saturated heterocycles. The second-order valence-corrected chi connectivity index (χ2v) is 3.91. The van der Waals surface area contributed by atoms with Gasteiger partial charge in [-0.25, -0.2) is 4.39 Å². The number of nitrogens with zero attached hydrogens (tertiary/aromatic N) is 2. The minimum absolute atomic E-state index is 0. The summed E-state index contributed by atoms with van der Waals surface area (Å²) in [6.45, 7) is 2.63. The van der Waals surface area contributed by atoms with Crippen LogP contribution < -0.4 is 0 Å². The van der Waals surface area contributed by atoms with Crippen LogP contribution in [0.5, 0.6) is 0 Å². The molecular formula is C15H19FN2O. The summed E-state index contributed by atoms with van der Waals surface area (Å²) in [7, 11) is 1.67. The van der Waals surface area contributed by atoms with Gasteiger partial charge in [-0.05, 0) is 18.6 Å². The molecule has 0 bridgehead atoms. The van der Waals surface area contributed by atoms with Crippen molar-refractivity contribution in [2.45, 2.75) is 20.8 Å². The van der Waals surface area contributed by atoms with Crippen LogP contribution >= 0.6 is 0 Å². The van der Waals surface area contributed by atoms with E-state index in [1.54, 1.807) is 19.3 Å². The summed E-state index contributed by atoms with van der Waals surface area (Å²) in [6.07, 6.45) is 2.50. The molecule has 1 aromatic heterocycles. The fraction of sp³-hybridized carbons (Fsp3) is 0.333. The van der Waals surface area contributed by atoms with E-state index in [-0.39, 0.29) is 13.2 Å². The van der Waals surface area contributed by atoms with Crippen molar-refractivity contribution in [1.29, 1.82) is 0 Å². The largest absolute Gasteiger partial charge is 0.477 e. The number of halogens is 1. The molecule has 1 heterocycles. The molecule has 2 aromatic rings. The Balaban J connectivity index is 0.00000180. The molecule has 0 unspecified atom stereocenters. The maximum Gasteiger partial charge on any atom is 0.217 e. The second kappa shape index (κ2) is 6.83. The van der Waals surface area contributed by atoms with Crippen LogP contribution in [0.3, 0.4) is 0 Å². The molecule has 0 aliphatic heterocycles. The first kappa shape index (κ1) is 15.1. The van der Waals surface area contributed by atoms with E-state index in [2.05, 4.69) is 9.98 Å². The highest BCUT2D eigenvalue weighted by atomic mass is 19.1. The standard InChI is InChI=1S/C14H15FN2O.CH4/c1-3-7-18-14(16-2)11-8-10-5-4-6-12(15)13(10)17-9-11;/h4-6,8-9H,3,7H2,1-2H3;1H4. The number of aromatic nitrogens is 1. The molecule has 0 radical (unpaired) electrons. The first-order valence-corrected chi connectivity index (χ1v) is 5.90. The van der Waals surface area contributed by atoms with Crippen molar-refractivity contribution in [3.8, 4) is 0 Å². The number of aliphatic imine (C=N–C) groups is 1. The number of rotatable bonds is 3. The molecule has 2 rings (SSSR count). The van der Waals surface area contributed by atoms with Gasteiger partial charge in [0, 0.05) is 18.6 Å². The molecule has 0 aliphatic rings. The van der Waals surface area contributed by atoms with E-state index in [0.29, 0.717) is 18.0 Å². The van der Waals surface area contributed by atoms with Gasteiger partial charge in [-0.15, -0.1) is 0 Å². The topological polar surface area (TPSA) is 34.5 Å². The second-order valence-electron chi connectivity index (χ2n) is 3.91. The van der Waals surface area contributed by atoms with Gasteiger partial charge >= 0.3 is 0 Å². The first-order valence-electron chi connectivity index (χ1n) is 5.90. The van der Waals surface area contributed by atoms with Crippen molar-refractivity contribution in [3.63, 3.8) is 0 Å². The van der Waals surface area contributed by atoms with E-state index >= 15 is 0 Å². The number of fused-ring (bicyclic) bond motifs is 1. The Labute approximate surface area is 113 Å². The number of pyridine rings is 1. The Kier molecular flexibility index (Phi) is 5.42. The van der Waals surface area contributed by atoms with Crippen molar-refractivity contribution in [2.24, 2.45) is 4.99 Å². The molecule has 19 heavy (non-hydrogen) atoms. The number of benzene rings is 1. The lowest BCUT2D eigenvalue weighted by atomic mass is 10.1. The van der Waals surface area contributed by atoms with E-state index in [1.807, 2.05) is 19.1 Å². The summed E-state index contributed by atoms with van der Waals surface area (Å²) >= 11 is 0. The predicted octanol–water partition coefficient (Wildman–Crippen LogP) is 3.81. The first-order chi connectivity index (χ1) is 8.76. The molecular weight excluding hydrogens is 243 g/mol. The molecule has 0 fully saturated rings. The molecule has 0 saturated carbocycles. The van der Waals surface area contributed by atoms with Crippen molar-refractivity contribution >= 4 is 16.8 Å². The molecule has 4 heteroatoms. The third kappa shape index (κ3) is 3.28. The quantitative estimate of drug-likeness (QED) is 0.622. The van der Waals surface area contributed by atoms with Crippen LogP contribution in [0.1, 0.15) is 26.3 Å². The monoisotopic (exact) mass is 262 g/mol. The molecule has 0 aliphatic carbocycles. The van der Waals surface area contributed by atoms with Gasteiger partial charge in [0.05, 0.1) is 12.2 Å². The summed E-state index contributed by atoms with van der Waals surface area (Å²) < 4.78 is 19.0. The molecule has 0 N–H and O–H groups in total. The highest BCUT2D eigenvalue weighted by Gasteiger charge is 2.07. The zero-order chi connectivity index (χ0) is 13.0. The Bertz CT molecular complexity index is 581. The SMILES string of the molecule is C.CCCOC(=NC)c1cnc2c(F)cccc2c1. The van der Waals surface area contributed by atoms with Gasteiger partial charge < -0.3 is 4.74 Å². The van der Waals surface area contributed by atoms with Crippen molar-refractivity contribution in [1.82, 2.24) is 4.98 Å². The van der Waals surface area contributed by atoms with Gasteiger partial charge in [0.2, 0.25) is 5.90 Å². The summed E-state index contributed by atoms with van der Waals surface area (Å²) in [5.74, 6) is 0.221. The van der Waals surface area contributed by atoms with Crippen LogP contribution in [0.25, 0.3) is 10.9 Å². The average Bonchev–Trinajstić information content (AvgIpc) is 2.40. The molecule has 102 valence electrons. The Morgan fingerprint density at radius 3 is 2.89 bits per heavy atom. The summed E-state index contributed by atoms with van der Waals surface area (Å²) in [6, 6.07) is 6.72. The number of ether oxygens (including phenoxy) is 1. The zero-order valence-electron chi connectivity index (χ0n) is 10.5. The Morgan fingerprint density at radius 2 is 2.21 bits per heavy atom. The van der Waals surface area contributed by atoms with Gasteiger partial charge in [-0.2, -0.15) is 0 Å². The van der Waals surface area contributed by atoms with Gasteiger partial charge in [0.1, 0.15) is 11.3 Å². The molecule has 3 nitrogen and oxygen atoms in total. The number of para-hydroxylation sites is 1. The van der Waals surface area contributed by atoms with Crippen molar-refractivity contribution in [2.75, 3.05) is 13.7 Å². The van der Waals surface area contributed by atoms with Gasteiger partial charge in [0.25, 0.3) is 0 Å². The van der Waals surface area contributed by atoms with Crippen molar-refractivity contribution in [3.05, 3.63) is 41.8 Å². The summed E-state index contributed by atoms with van der Waals surface area (Å²) in [4.78, 5) is 8.21. The zero-order valence-corrected chi connectivity index (χ0v) is 10.5. The lowest BCUT2D eigenvalue weighted by molar-refractivity contribution is 0.305. The lowest BCUT2D eigenvalue weighted by Gasteiger charge is -2.08. The lowest BCUT2D eigenvalue weighted by Crippen LogP contribution is -2.08. The predicted molar refractivity (Wildman–Crippen MR) is 77.1 cm³/mol. The highest BCUT2D eigenvalue weighted by molar-refractivity contribution is 5.97. The van der Waals surface area contributed by atoms with Gasteiger partial charge in [-0.1, -0.05) is 26.5 Å². The minimum atomic E-state index is -0.316. The van der Waals surface area contributed by atoms with E-state index in [9.17, 15) is 4.39 Å². The molecule has 0 amide bonds. The fourth-order valence-electron chi connectivity index (χ4n) is 1.72. The molecule has 0 spiro atoms. The van der Waals surface area contributed by atoms with E-state index in [4.69, 9.17) is 4.74 Å². The van der Waals surface area contributed by atoms with Crippen LogP contribution in [0, 0.1) is 5.82 Å². The van der Waals surface area contributed by atoms with Crippen LogP contribution in [-0.2, 0) is 4.74 Å². The number of hydrogen-bond acceptors (Lipinski definition) is 3. The summed E-state index contributed by atoms with van der Waals surface area (Å²) in [5, 5.41) is 0.744. The Hall–Kier alpha value is -1.97. The fourth-order valence-corrected chi connectivity index (χ4v) is 1.72. The van der Waals surface area contributed by atoms with Crippen LogP contribution in [-0.4, -0.2) is 24.5 Å². The van der Waals surface area contributed by atoms with E-state index in [1.165, 1.54) is 6.07 Å². The van der Waals surface area contributed by atoms with Crippen molar-refractivity contribution < 1.29 is 9.13 Å². The smallest absolute Gasteiger partial charge is 0.217 e. The van der Waals surface area contributed by atoms with Crippen LogP contribution in [0.15, 0.2) is 35.5 Å². The molecule has 1 aromatic carbocycles. The van der Waals surface area contributed by atoms with Crippen LogP contribution in [0.2, 0.25) is 0 Å². The summed E-state index contributed by atoms with van der Waals surface area (Å²) in [5.41, 5.74) is 1.14. The van der Waals surface area contributed by atoms with Gasteiger partial charge in [-0.3, -0.25) is 9.98 Å². The van der Waals surface area contributed by atoms with Crippen LogP contribution in [0.4, 0.5) is 4.39 Å². The third-order valence-corrected chi connectivity index (χ3v) is 2.55. The number of hydrogen-bond donors (Lipinski definition) is 0. The average molecular weight is 262 g/mol. The van der Waals surface area contributed by atoms with E-state index < -0.39 is 0 Å². The Morgan fingerprint density at radius 1 is 1.42 bits per heavy atom. The van der Waals surface area contributed by atoms with E-state index in [0.717, 1.165) is 17.4 Å².